The van der Waals surface area contributed by atoms with Gasteiger partial charge < -0.3 is 14.2 Å². The van der Waals surface area contributed by atoms with Crippen LogP contribution in [-0.4, -0.2) is 24.3 Å². The minimum absolute atomic E-state index is 0.00368. The summed E-state index contributed by atoms with van der Waals surface area (Å²) in [6.07, 6.45) is 4.31. The lowest BCUT2D eigenvalue weighted by atomic mass is 9.58. The van der Waals surface area contributed by atoms with Gasteiger partial charge in [-0.25, -0.2) is 0 Å². The summed E-state index contributed by atoms with van der Waals surface area (Å²) in [5.41, 5.74) is 1.01. The first-order chi connectivity index (χ1) is 19.8. The van der Waals surface area contributed by atoms with Crippen molar-refractivity contribution >= 4 is 0 Å². The molecule has 0 aromatic heterocycles. The van der Waals surface area contributed by atoms with Crippen LogP contribution < -0.4 is 0 Å². The third kappa shape index (κ3) is 7.13. The van der Waals surface area contributed by atoms with Crippen LogP contribution in [0.25, 0.3) is 0 Å². The first-order valence-corrected chi connectivity index (χ1v) is 18.8. The Kier molecular flexibility index (Phi) is 9.38. The minimum atomic E-state index is -0.718. The summed E-state index contributed by atoms with van der Waals surface area (Å²) in [4.78, 5) is 0. The smallest absolute Gasteiger partial charge is 0.175 e. The van der Waals surface area contributed by atoms with Crippen molar-refractivity contribution in [3.8, 4) is 0 Å². The van der Waals surface area contributed by atoms with Crippen molar-refractivity contribution in [2.45, 2.75) is 188 Å². The Morgan fingerprint density at radius 3 is 1.62 bits per heavy atom. The first-order valence-electron chi connectivity index (χ1n) is 18.8. The maximum atomic E-state index is 7.90. The summed E-state index contributed by atoms with van der Waals surface area (Å²) in [6, 6.07) is 0. The fraction of sp³-hybridized carbons (Fsp3) is 1.00. The molecule has 9 unspecified atom stereocenters. The van der Waals surface area contributed by atoms with Crippen molar-refractivity contribution in [1.29, 1.82) is 0 Å². The maximum absolute atomic E-state index is 7.90. The molecule has 4 fully saturated rings. The Bertz CT molecular complexity index is 1050. The van der Waals surface area contributed by atoms with E-state index >= 15 is 0 Å². The molecule has 2 aliphatic heterocycles. The van der Waals surface area contributed by atoms with Crippen LogP contribution >= 0.6 is 0 Å². The van der Waals surface area contributed by atoms with E-state index in [-0.39, 0.29) is 56.9 Å². The SMILES string of the molecule is C[C@H]1C2C(OC3(CC(C)(C)C)OC(CC(C)(C)C)C(C(C)(C)C)C3C(C)(C)C)OC(CC(C)(C)C)C3C2[C@@](C)(CC3(C)C)[C@H]1C. The van der Waals surface area contributed by atoms with Crippen LogP contribution in [0.5, 0.6) is 0 Å². The second-order valence-electron chi connectivity index (χ2n) is 23.6. The highest BCUT2D eigenvalue weighted by molar-refractivity contribution is 5.17. The monoisotopic (exact) mass is 631 g/mol. The van der Waals surface area contributed by atoms with Crippen LogP contribution in [0.2, 0.25) is 0 Å². The quantitative estimate of drug-likeness (QED) is 0.302. The molecule has 4 rings (SSSR count). The van der Waals surface area contributed by atoms with Crippen LogP contribution in [0.3, 0.4) is 0 Å². The Morgan fingerprint density at radius 2 is 1.18 bits per heavy atom. The van der Waals surface area contributed by atoms with E-state index < -0.39 is 5.79 Å². The lowest BCUT2D eigenvalue weighted by Gasteiger charge is -2.54. The average molecular weight is 631 g/mol. The fourth-order valence-corrected chi connectivity index (χ4v) is 12.1. The van der Waals surface area contributed by atoms with Gasteiger partial charge in [0.05, 0.1) is 12.2 Å². The molecule has 264 valence electrons. The van der Waals surface area contributed by atoms with Gasteiger partial charge in [0.1, 0.15) is 0 Å². The predicted molar refractivity (Wildman–Crippen MR) is 191 cm³/mol. The van der Waals surface area contributed by atoms with Gasteiger partial charge in [-0.15, -0.1) is 0 Å². The van der Waals surface area contributed by atoms with E-state index in [0.29, 0.717) is 40.9 Å². The Hall–Kier alpha value is -0.120. The predicted octanol–water partition coefficient (Wildman–Crippen LogP) is 12.0. The molecular weight excluding hydrogens is 552 g/mol. The van der Waals surface area contributed by atoms with Gasteiger partial charge in [-0.1, -0.05) is 138 Å². The second kappa shape index (κ2) is 11.2. The molecule has 2 saturated heterocycles. The second-order valence-corrected chi connectivity index (χ2v) is 23.6. The van der Waals surface area contributed by atoms with Gasteiger partial charge in [0.25, 0.3) is 0 Å². The summed E-state index contributed by atoms with van der Waals surface area (Å²) >= 11 is 0. The van der Waals surface area contributed by atoms with Gasteiger partial charge in [0, 0.05) is 18.3 Å². The summed E-state index contributed by atoms with van der Waals surface area (Å²) < 4.78 is 23.1. The van der Waals surface area contributed by atoms with Crippen molar-refractivity contribution < 1.29 is 14.2 Å². The van der Waals surface area contributed by atoms with E-state index in [4.69, 9.17) is 14.2 Å². The molecule has 3 nitrogen and oxygen atoms in total. The molecule has 2 heterocycles. The fourth-order valence-electron chi connectivity index (χ4n) is 12.1. The molecule has 0 aromatic carbocycles. The molecule has 0 N–H and O–H groups in total. The molecule has 3 heteroatoms. The van der Waals surface area contributed by atoms with E-state index in [9.17, 15) is 0 Å². The molecule has 0 aromatic rings. The number of hydrogen-bond acceptors (Lipinski definition) is 3. The third-order valence-electron chi connectivity index (χ3n) is 13.0. The van der Waals surface area contributed by atoms with E-state index in [1.165, 1.54) is 6.42 Å². The zero-order valence-corrected chi connectivity index (χ0v) is 33.8. The summed E-state index contributed by atoms with van der Waals surface area (Å²) in [7, 11) is 0. The number of ether oxygens (including phenoxy) is 3. The zero-order valence-electron chi connectivity index (χ0n) is 33.8. The standard InChI is InChI=1S/C42H78O3/c1-25-26(2)41(20)24-40(18,19)30-27(21-35(3,4)5)43-34(29(25)32(30)41)45-42(23-37(9,10)11)33(39(15,16)17)31(38(12,13)14)28(44-42)22-36(6,7)8/h25-34H,21-24H2,1-20H3/t25-,26+,27?,28?,29?,30?,31?,32?,33?,34?,41+,42?/m1/s1. The molecule has 0 spiro atoms. The van der Waals surface area contributed by atoms with Gasteiger partial charge in [-0.05, 0) is 86.8 Å². The maximum Gasteiger partial charge on any atom is 0.175 e. The molecule has 0 bridgehead atoms. The topological polar surface area (TPSA) is 27.7 Å². The normalized spacial score (nSPS) is 44.0. The van der Waals surface area contributed by atoms with Crippen LogP contribution in [0.1, 0.15) is 164 Å². The lowest BCUT2D eigenvalue weighted by molar-refractivity contribution is -0.374. The van der Waals surface area contributed by atoms with Crippen LogP contribution in [0, 0.1) is 79.3 Å². The van der Waals surface area contributed by atoms with Crippen LogP contribution in [-0.2, 0) is 14.2 Å². The highest BCUT2D eigenvalue weighted by Gasteiger charge is 2.72. The average Bonchev–Trinajstić information content (AvgIpc) is 3.24. The van der Waals surface area contributed by atoms with Gasteiger partial charge in [-0.2, -0.15) is 0 Å². The molecule has 12 atom stereocenters. The summed E-state index contributed by atoms with van der Waals surface area (Å²) in [5.74, 6) is 2.61. The van der Waals surface area contributed by atoms with Crippen molar-refractivity contribution in [2.24, 2.45) is 79.3 Å². The largest absolute Gasteiger partial charge is 0.349 e. The molecule has 0 amide bonds. The lowest BCUT2D eigenvalue weighted by Crippen LogP contribution is -2.57. The van der Waals surface area contributed by atoms with E-state index in [2.05, 4.69) is 138 Å². The highest BCUT2D eigenvalue weighted by atomic mass is 16.8. The Labute approximate surface area is 281 Å². The molecule has 4 aliphatic rings. The van der Waals surface area contributed by atoms with Gasteiger partial charge in [-0.3, -0.25) is 0 Å². The van der Waals surface area contributed by atoms with E-state index in [1.807, 2.05) is 0 Å². The van der Waals surface area contributed by atoms with Gasteiger partial charge >= 0.3 is 0 Å². The van der Waals surface area contributed by atoms with E-state index in [1.54, 1.807) is 0 Å². The first kappa shape index (κ1) is 37.7. The van der Waals surface area contributed by atoms with Crippen molar-refractivity contribution in [2.75, 3.05) is 0 Å². The van der Waals surface area contributed by atoms with Crippen molar-refractivity contribution in [3.05, 3.63) is 0 Å². The van der Waals surface area contributed by atoms with E-state index in [0.717, 1.165) is 19.3 Å². The summed E-state index contributed by atoms with van der Waals surface area (Å²) in [5, 5.41) is 0. The molecular formula is C42H78O3. The van der Waals surface area contributed by atoms with Crippen molar-refractivity contribution in [3.63, 3.8) is 0 Å². The highest BCUT2D eigenvalue weighted by Crippen LogP contribution is 2.73. The van der Waals surface area contributed by atoms with Gasteiger partial charge in [0.2, 0.25) is 0 Å². The molecule has 45 heavy (non-hydrogen) atoms. The van der Waals surface area contributed by atoms with Crippen LogP contribution in [0.4, 0.5) is 0 Å². The number of hydrogen-bond donors (Lipinski definition) is 0. The van der Waals surface area contributed by atoms with Crippen molar-refractivity contribution in [1.82, 2.24) is 0 Å². The summed E-state index contributed by atoms with van der Waals surface area (Å²) in [6.45, 7) is 48.8. The molecule has 0 radical (unpaired) electrons. The molecule has 2 aliphatic carbocycles. The van der Waals surface area contributed by atoms with Crippen LogP contribution in [0.15, 0.2) is 0 Å². The minimum Gasteiger partial charge on any atom is -0.349 e. The third-order valence-corrected chi connectivity index (χ3v) is 13.0. The Balaban J connectivity index is 1.91. The van der Waals surface area contributed by atoms with Gasteiger partial charge in [0.15, 0.2) is 12.1 Å². The molecule has 2 saturated carbocycles. The number of rotatable bonds is 5. The Morgan fingerprint density at radius 1 is 0.667 bits per heavy atom. The zero-order chi connectivity index (χ0) is 34.7.